The largest absolute Gasteiger partial charge is 0.308 e. The van der Waals surface area contributed by atoms with Crippen LogP contribution < -0.4 is 5.32 Å². The first-order valence-corrected chi connectivity index (χ1v) is 8.00. The van der Waals surface area contributed by atoms with Gasteiger partial charge in [-0.2, -0.15) is 0 Å². The van der Waals surface area contributed by atoms with Crippen molar-refractivity contribution in [2.45, 2.75) is 42.6 Å². The zero-order valence-electron chi connectivity index (χ0n) is 12.4. The first-order chi connectivity index (χ1) is 9.85. The van der Waals surface area contributed by atoms with Crippen LogP contribution in [-0.4, -0.2) is 5.54 Å². The van der Waals surface area contributed by atoms with Crippen molar-refractivity contribution in [3.63, 3.8) is 0 Å². The molecule has 1 N–H and O–H groups in total. The summed E-state index contributed by atoms with van der Waals surface area (Å²) in [5.41, 5.74) is 1.09. The normalized spacial score (nSPS) is 11.7. The molecular weight excluding hydrogens is 305 g/mol. The van der Waals surface area contributed by atoms with E-state index in [0.717, 1.165) is 10.5 Å². The van der Waals surface area contributed by atoms with E-state index in [4.69, 9.17) is 11.6 Å². The van der Waals surface area contributed by atoms with Crippen LogP contribution in [-0.2, 0) is 6.54 Å². The van der Waals surface area contributed by atoms with Crippen molar-refractivity contribution in [3.8, 4) is 0 Å². The van der Waals surface area contributed by atoms with Crippen LogP contribution in [0.25, 0.3) is 0 Å². The lowest BCUT2D eigenvalue weighted by Gasteiger charge is -2.21. The molecule has 0 amide bonds. The Morgan fingerprint density at radius 3 is 2.48 bits per heavy atom. The summed E-state index contributed by atoms with van der Waals surface area (Å²) in [6.45, 7) is 7.03. The van der Waals surface area contributed by atoms with Crippen molar-refractivity contribution < 1.29 is 4.39 Å². The Bertz CT molecular complexity index is 622. The molecule has 0 fully saturated rings. The maximum Gasteiger partial charge on any atom is 0.137 e. The number of nitrogens with one attached hydrogen (secondary N) is 1. The molecule has 0 spiro atoms. The van der Waals surface area contributed by atoms with Crippen LogP contribution >= 0.6 is 23.4 Å². The van der Waals surface area contributed by atoms with Gasteiger partial charge in [0.25, 0.3) is 0 Å². The van der Waals surface area contributed by atoms with E-state index in [0.29, 0.717) is 16.5 Å². The van der Waals surface area contributed by atoms with Crippen LogP contribution in [0.15, 0.2) is 52.3 Å². The third-order valence-electron chi connectivity index (χ3n) is 2.89. The molecule has 21 heavy (non-hydrogen) atoms. The van der Waals surface area contributed by atoms with Crippen LogP contribution in [0.2, 0.25) is 5.02 Å². The van der Waals surface area contributed by atoms with Crippen molar-refractivity contribution in [1.82, 2.24) is 5.32 Å². The Balaban J connectivity index is 2.25. The molecule has 0 aliphatic rings. The molecule has 1 nitrogen and oxygen atoms in total. The number of hydrogen-bond donors (Lipinski definition) is 1. The van der Waals surface area contributed by atoms with Crippen LogP contribution in [0.4, 0.5) is 4.39 Å². The second-order valence-corrected chi connectivity index (χ2v) is 7.41. The van der Waals surface area contributed by atoms with E-state index in [2.05, 4.69) is 26.1 Å². The third kappa shape index (κ3) is 5.03. The summed E-state index contributed by atoms with van der Waals surface area (Å²) < 4.78 is 13.8. The van der Waals surface area contributed by atoms with Gasteiger partial charge < -0.3 is 5.32 Å². The highest BCUT2D eigenvalue weighted by molar-refractivity contribution is 7.99. The first kappa shape index (κ1) is 16.3. The van der Waals surface area contributed by atoms with Crippen LogP contribution in [0, 0.1) is 5.82 Å². The van der Waals surface area contributed by atoms with Crippen LogP contribution in [0.3, 0.4) is 0 Å². The molecule has 2 aromatic rings. The second kappa shape index (κ2) is 6.82. The summed E-state index contributed by atoms with van der Waals surface area (Å²) in [5.74, 6) is -0.202. The molecule has 0 aromatic heterocycles. The Hall–Kier alpha value is -1.03. The molecule has 0 saturated carbocycles. The minimum atomic E-state index is -0.202. The highest BCUT2D eigenvalue weighted by atomic mass is 35.5. The van der Waals surface area contributed by atoms with Gasteiger partial charge in [0.1, 0.15) is 5.82 Å². The van der Waals surface area contributed by atoms with Gasteiger partial charge in [0.2, 0.25) is 0 Å². The van der Waals surface area contributed by atoms with E-state index in [-0.39, 0.29) is 11.4 Å². The predicted molar refractivity (Wildman–Crippen MR) is 88.6 cm³/mol. The number of benzene rings is 2. The molecule has 0 saturated heterocycles. The first-order valence-electron chi connectivity index (χ1n) is 6.81. The fourth-order valence-electron chi connectivity index (χ4n) is 1.79. The molecule has 112 valence electrons. The molecular formula is C17H19ClFNS. The lowest BCUT2D eigenvalue weighted by Crippen LogP contribution is -2.35. The summed E-state index contributed by atoms with van der Waals surface area (Å²) in [4.78, 5) is 1.64. The summed E-state index contributed by atoms with van der Waals surface area (Å²) in [6, 6.07) is 12.5. The van der Waals surface area contributed by atoms with Gasteiger partial charge in [0.15, 0.2) is 0 Å². The summed E-state index contributed by atoms with van der Waals surface area (Å²) >= 11 is 7.52. The Morgan fingerprint density at radius 2 is 1.81 bits per heavy atom. The van der Waals surface area contributed by atoms with Gasteiger partial charge in [-0.1, -0.05) is 35.5 Å². The fourth-order valence-corrected chi connectivity index (χ4v) is 2.93. The number of halogens is 2. The topological polar surface area (TPSA) is 12.0 Å². The highest BCUT2D eigenvalue weighted by Crippen LogP contribution is 2.33. The Labute approximate surface area is 134 Å². The monoisotopic (exact) mass is 323 g/mol. The second-order valence-electron chi connectivity index (χ2n) is 5.89. The van der Waals surface area contributed by atoms with E-state index < -0.39 is 0 Å². The number of hydrogen-bond acceptors (Lipinski definition) is 2. The minimum absolute atomic E-state index is 0.0161. The smallest absolute Gasteiger partial charge is 0.137 e. The molecule has 2 aromatic carbocycles. The average molecular weight is 324 g/mol. The standard InChI is InChI=1S/C17H19ClFNS/c1-17(2,3)20-11-12-10-13(18)8-9-15(12)21-16-7-5-4-6-14(16)19/h4-10,20H,11H2,1-3H3. The van der Waals surface area contributed by atoms with E-state index >= 15 is 0 Å². The molecule has 0 bridgehead atoms. The van der Waals surface area contributed by atoms with Gasteiger partial charge in [-0.05, 0) is 56.7 Å². The third-order valence-corrected chi connectivity index (χ3v) is 4.29. The average Bonchev–Trinajstić information content (AvgIpc) is 2.40. The minimum Gasteiger partial charge on any atom is -0.308 e. The zero-order valence-corrected chi connectivity index (χ0v) is 14.0. The van der Waals surface area contributed by atoms with Crippen molar-refractivity contribution in [2.24, 2.45) is 0 Å². The van der Waals surface area contributed by atoms with Crippen molar-refractivity contribution in [1.29, 1.82) is 0 Å². The Morgan fingerprint density at radius 1 is 1.10 bits per heavy atom. The summed E-state index contributed by atoms with van der Waals surface area (Å²) in [6.07, 6.45) is 0. The summed E-state index contributed by atoms with van der Waals surface area (Å²) in [5, 5.41) is 4.13. The molecule has 2 rings (SSSR count). The van der Waals surface area contributed by atoms with Gasteiger partial charge >= 0.3 is 0 Å². The lowest BCUT2D eigenvalue weighted by atomic mass is 10.1. The Kier molecular flexibility index (Phi) is 5.31. The van der Waals surface area contributed by atoms with Crippen molar-refractivity contribution >= 4 is 23.4 Å². The van der Waals surface area contributed by atoms with Crippen LogP contribution in [0.1, 0.15) is 26.3 Å². The van der Waals surface area contributed by atoms with E-state index in [9.17, 15) is 4.39 Å². The molecule has 0 unspecified atom stereocenters. The van der Waals surface area contributed by atoms with Crippen LogP contribution in [0.5, 0.6) is 0 Å². The maximum atomic E-state index is 13.8. The fraction of sp³-hybridized carbons (Fsp3) is 0.294. The lowest BCUT2D eigenvalue weighted by molar-refractivity contribution is 0.422. The van der Waals surface area contributed by atoms with Crippen molar-refractivity contribution in [3.05, 3.63) is 58.9 Å². The van der Waals surface area contributed by atoms with Gasteiger partial charge in [-0.15, -0.1) is 0 Å². The molecule has 0 heterocycles. The summed E-state index contributed by atoms with van der Waals surface area (Å²) in [7, 11) is 0. The van der Waals surface area contributed by atoms with E-state index in [1.165, 1.54) is 17.8 Å². The zero-order chi connectivity index (χ0) is 15.5. The molecule has 4 heteroatoms. The SMILES string of the molecule is CC(C)(C)NCc1cc(Cl)ccc1Sc1ccccc1F. The van der Waals surface area contributed by atoms with E-state index in [1.807, 2.05) is 24.3 Å². The highest BCUT2D eigenvalue weighted by Gasteiger charge is 2.12. The maximum absolute atomic E-state index is 13.8. The molecule has 0 aliphatic heterocycles. The molecule has 0 radical (unpaired) electrons. The van der Waals surface area contributed by atoms with Gasteiger partial charge in [-0.3, -0.25) is 0 Å². The predicted octanol–water partition coefficient (Wildman–Crippen LogP) is 5.52. The van der Waals surface area contributed by atoms with Gasteiger partial charge in [-0.25, -0.2) is 4.39 Å². The quantitative estimate of drug-likeness (QED) is 0.795. The molecule has 0 aliphatic carbocycles. The number of rotatable bonds is 4. The van der Waals surface area contributed by atoms with E-state index in [1.54, 1.807) is 12.1 Å². The molecule has 0 atom stereocenters. The van der Waals surface area contributed by atoms with Gasteiger partial charge in [0, 0.05) is 26.9 Å². The van der Waals surface area contributed by atoms with Crippen molar-refractivity contribution in [2.75, 3.05) is 0 Å². The van der Waals surface area contributed by atoms with Gasteiger partial charge in [0.05, 0.1) is 0 Å².